The zero-order valence-corrected chi connectivity index (χ0v) is 15.7. The predicted molar refractivity (Wildman–Crippen MR) is 109 cm³/mol. The number of aromatic amines is 1. The highest BCUT2D eigenvalue weighted by Crippen LogP contribution is 2.22. The molecule has 0 aliphatic heterocycles. The minimum Gasteiger partial charge on any atom is -0.484 e. The van der Waals surface area contributed by atoms with Crippen LogP contribution >= 0.6 is 0 Å². The molecule has 0 fully saturated rings. The number of benzene rings is 2. The fraction of sp³-hybridized carbons (Fsp3) is 0.273. The Morgan fingerprint density at radius 3 is 2.78 bits per heavy atom. The molecule has 0 aliphatic carbocycles. The van der Waals surface area contributed by atoms with E-state index in [0.29, 0.717) is 11.7 Å². The highest BCUT2D eigenvalue weighted by molar-refractivity contribution is 5.99. The molecule has 3 aromatic rings. The second kappa shape index (κ2) is 9.03. The minimum absolute atomic E-state index is 0.0743. The van der Waals surface area contributed by atoms with E-state index in [2.05, 4.69) is 41.5 Å². The first kappa shape index (κ1) is 18.7. The van der Waals surface area contributed by atoms with Gasteiger partial charge in [0.1, 0.15) is 5.75 Å². The number of para-hydroxylation sites is 1. The van der Waals surface area contributed by atoms with Crippen LogP contribution in [0.3, 0.4) is 0 Å². The number of hydrogen-bond donors (Lipinski definition) is 2. The van der Waals surface area contributed by atoms with Gasteiger partial charge in [0.25, 0.3) is 5.91 Å². The van der Waals surface area contributed by atoms with Crippen molar-refractivity contribution in [2.24, 2.45) is 5.10 Å². The number of carbonyl (C=O) groups is 1. The van der Waals surface area contributed by atoms with E-state index in [1.807, 2.05) is 42.6 Å². The van der Waals surface area contributed by atoms with Crippen molar-refractivity contribution in [3.63, 3.8) is 0 Å². The number of ether oxygens (including phenoxy) is 1. The molecular weight excluding hydrogens is 338 g/mol. The topological polar surface area (TPSA) is 66.5 Å². The maximum absolute atomic E-state index is 11.9. The van der Waals surface area contributed by atoms with Crippen LogP contribution < -0.4 is 10.2 Å². The van der Waals surface area contributed by atoms with Crippen LogP contribution in [-0.4, -0.2) is 23.7 Å². The van der Waals surface area contributed by atoms with Gasteiger partial charge in [-0.15, -0.1) is 0 Å². The van der Waals surface area contributed by atoms with Crippen LogP contribution in [0.1, 0.15) is 43.7 Å². The highest BCUT2D eigenvalue weighted by atomic mass is 16.5. The number of amides is 1. The predicted octanol–water partition coefficient (Wildman–Crippen LogP) is 4.60. The van der Waals surface area contributed by atoms with Crippen LogP contribution in [0.4, 0.5) is 0 Å². The number of nitrogens with one attached hydrogen (secondary N) is 2. The third-order valence-corrected chi connectivity index (χ3v) is 4.55. The number of H-pyrrole nitrogens is 1. The highest BCUT2D eigenvalue weighted by Gasteiger charge is 2.06. The fourth-order valence-corrected chi connectivity index (χ4v) is 3.05. The summed E-state index contributed by atoms with van der Waals surface area (Å²) in [5, 5.41) is 5.07. The van der Waals surface area contributed by atoms with Crippen LogP contribution in [0.5, 0.6) is 5.75 Å². The van der Waals surface area contributed by atoms with Crippen LogP contribution in [0.2, 0.25) is 0 Å². The molecule has 1 aromatic heterocycles. The average molecular weight is 363 g/mol. The summed E-state index contributed by atoms with van der Waals surface area (Å²) >= 11 is 0. The fourth-order valence-electron chi connectivity index (χ4n) is 3.05. The molecule has 5 heteroatoms. The maximum atomic E-state index is 11.9. The zero-order valence-electron chi connectivity index (χ0n) is 15.7. The van der Waals surface area contributed by atoms with Gasteiger partial charge in [0.2, 0.25) is 0 Å². The molecule has 0 aliphatic rings. The number of carbonyl (C=O) groups excluding carboxylic acids is 1. The Labute approximate surface area is 159 Å². The van der Waals surface area contributed by atoms with E-state index in [4.69, 9.17) is 4.74 Å². The van der Waals surface area contributed by atoms with Crippen LogP contribution in [0, 0.1) is 0 Å². The Hall–Kier alpha value is -3.08. The van der Waals surface area contributed by atoms with E-state index in [-0.39, 0.29) is 12.5 Å². The normalized spacial score (nSPS) is 12.4. The van der Waals surface area contributed by atoms with Gasteiger partial charge in [-0.2, -0.15) is 5.10 Å². The maximum Gasteiger partial charge on any atom is 0.277 e. The summed E-state index contributed by atoms with van der Waals surface area (Å²) in [5.41, 5.74) is 5.74. The minimum atomic E-state index is -0.297. The summed E-state index contributed by atoms with van der Waals surface area (Å²) in [6.07, 6.45) is 5.81. The van der Waals surface area contributed by atoms with Gasteiger partial charge in [-0.3, -0.25) is 4.79 Å². The molecule has 1 heterocycles. The molecule has 0 spiro atoms. The van der Waals surface area contributed by atoms with Crippen LogP contribution in [0.15, 0.2) is 59.8 Å². The third kappa shape index (κ3) is 4.97. The Morgan fingerprint density at radius 1 is 1.22 bits per heavy atom. The van der Waals surface area contributed by atoms with Crippen molar-refractivity contribution in [3.8, 4) is 5.75 Å². The molecule has 2 N–H and O–H groups in total. The van der Waals surface area contributed by atoms with E-state index < -0.39 is 0 Å². The summed E-state index contributed by atoms with van der Waals surface area (Å²) < 4.78 is 5.53. The van der Waals surface area contributed by atoms with E-state index >= 15 is 0 Å². The van der Waals surface area contributed by atoms with Gasteiger partial charge >= 0.3 is 0 Å². The van der Waals surface area contributed by atoms with Crippen molar-refractivity contribution in [1.29, 1.82) is 0 Å². The molecule has 1 amide bonds. The molecule has 0 bridgehead atoms. The van der Waals surface area contributed by atoms with Gasteiger partial charge in [0.15, 0.2) is 6.61 Å². The van der Waals surface area contributed by atoms with Gasteiger partial charge in [-0.05, 0) is 36.1 Å². The number of aromatic nitrogens is 1. The average Bonchev–Trinajstić information content (AvgIpc) is 3.10. The van der Waals surface area contributed by atoms with Crippen LogP contribution in [-0.2, 0) is 4.79 Å². The summed E-state index contributed by atoms with van der Waals surface area (Å²) in [6, 6.07) is 15.9. The van der Waals surface area contributed by atoms with E-state index in [1.54, 1.807) is 6.21 Å². The molecule has 5 nitrogen and oxygen atoms in total. The molecule has 140 valence electrons. The smallest absolute Gasteiger partial charge is 0.277 e. The number of hydrogen-bond acceptors (Lipinski definition) is 3. The number of fused-ring (bicyclic) bond motifs is 1. The first-order chi connectivity index (χ1) is 13.2. The van der Waals surface area contributed by atoms with Crippen molar-refractivity contribution < 1.29 is 9.53 Å². The molecule has 1 atom stereocenters. The standard InChI is InChI=1S/C22H25N3O2/c1-3-6-16(2)17-9-11-19(12-10-17)27-15-22(26)25-24-14-18-13-23-21-8-5-4-7-20(18)21/h4-5,7-14,16,23H,3,6,15H2,1-2H3,(H,25,26)/b24-14-/t16-/m1/s1. The quantitative estimate of drug-likeness (QED) is 0.454. The van der Waals surface area contributed by atoms with Gasteiger partial charge in [0, 0.05) is 22.7 Å². The molecule has 0 saturated carbocycles. The van der Waals surface area contributed by atoms with Crippen molar-refractivity contribution >= 4 is 23.0 Å². The van der Waals surface area contributed by atoms with Crippen molar-refractivity contribution in [2.45, 2.75) is 32.6 Å². The SMILES string of the molecule is CCC[C@@H](C)c1ccc(OCC(=O)N/N=C\c2c[nH]c3ccccc23)cc1. The lowest BCUT2D eigenvalue weighted by Crippen LogP contribution is -2.24. The van der Waals surface area contributed by atoms with E-state index in [1.165, 1.54) is 12.0 Å². The van der Waals surface area contributed by atoms with Crippen molar-refractivity contribution in [3.05, 3.63) is 65.9 Å². The molecule has 0 radical (unpaired) electrons. The van der Waals surface area contributed by atoms with Gasteiger partial charge in [-0.1, -0.05) is 50.6 Å². The Kier molecular flexibility index (Phi) is 6.26. The molecule has 0 unspecified atom stereocenters. The molecule has 2 aromatic carbocycles. The van der Waals surface area contributed by atoms with Crippen molar-refractivity contribution in [2.75, 3.05) is 6.61 Å². The zero-order chi connectivity index (χ0) is 19.1. The summed E-state index contributed by atoms with van der Waals surface area (Å²) in [4.78, 5) is 15.1. The Balaban J connectivity index is 1.48. The summed E-state index contributed by atoms with van der Waals surface area (Å²) in [5.74, 6) is 0.916. The van der Waals surface area contributed by atoms with Crippen molar-refractivity contribution in [1.82, 2.24) is 10.4 Å². The Morgan fingerprint density at radius 2 is 2.00 bits per heavy atom. The lowest BCUT2D eigenvalue weighted by Gasteiger charge is -2.11. The molecular formula is C22H25N3O2. The van der Waals surface area contributed by atoms with E-state index in [0.717, 1.165) is 22.9 Å². The summed E-state index contributed by atoms with van der Waals surface area (Å²) in [7, 11) is 0. The monoisotopic (exact) mass is 363 g/mol. The largest absolute Gasteiger partial charge is 0.484 e. The number of hydrazone groups is 1. The number of nitrogens with zero attached hydrogens (tertiary/aromatic N) is 1. The van der Waals surface area contributed by atoms with E-state index in [9.17, 15) is 4.79 Å². The second-order valence-corrected chi connectivity index (χ2v) is 6.63. The molecule has 3 rings (SSSR count). The second-order valence-electron chi connectivity index (χ2n) is 6.63. The first-order valence-corrected chi connectivity index (χ1v) is 9.28. The van der Waals surface area contributed by atoms with Gasteiger partial charge < -0.3 is 9.72 Å². The summed E-state index contributed by atoms with van der Waals surface area (Å²) in [6.45, 7) is 4.33. The van der Waals surface area contributed by atoms with Gasteiger partial charge in [0.05, 0.1) is 6.21 Å². The molecule has 0 saturated heterocycles. The third-order valence-electron chi connectivity index (χ3n) is 4.55. The lowest BCUT2D eigenvalue weighted by molar-refractivity contribution is -0.123. The number of rotatable bonds is 8. The van der Waals surface area contributed by atoms with Gasteiger partial charge in [-0.25, -0.2) is 5.43 Å². The van der Waals surface area contributed by atoms with Crippen LogP contribution in [0.25, 0.3) is 10.9 Å². The Bertz CT molecular complexity index is 913. The lowest BCUT2D eigenvalue weighted by atomic mass is 9.97. The first-order valence-electron chi connectivity index (χ1n) is 9.28. The molecule has 27 heavy (non-hydrogen) atoms.